The van der Waals surface area contributed by atoms with E-state index >= 15 is 0 Å². The van der Waals surface area contributed by atoms with Gasteiger partial charge in [0.25, 0.3) is 23.4 Å². The Morgan fingerprint density at radius 2 is 1.69 bits per heavy atom. The molecule has 0 unspecified atom stereocenters. The second-order valence-corrected chi connectivity index (χ2v) is 7.41. The first kappa shape index (κ1) is 20.7. The number of imide groups is 1. The number of aryl methyl sites for hydroxylation is 2. The molecule has 0 spiro atoms. The molecule has 160 valence electrons. The van der Waals surface area contributed by atoms with Gasteiger partial charge in [-0.3, -0.25) is 24.5 Å². The lowest BCUT2D eigenvalue weighted by atomic mass is 10.1. The molecule has 3 amide bonds. The third-order valence-corrected chi connectivity index (χ3v) is 5.18. The largest absolute Gasteiger partial charge is 0.506 e. The summed E-state index contributed by atoms with van der Waals surface area (Å²) >= 11 is 0. The molecule has 0 saturated carbocycles. The molecule has 0 atom stereocenters. The molecule has 3 aromatic carbocycles. The summed E-state index contributed by atoms with van der Waals surface area (Å²) in [6, 6.07) is 12.7. The predicted octanol–water partition coefficient (Wildman–Crippen LogP) is 3.97. The molecule has 9 nitrogen and oxygen atoms in total. The zero-order chi connectivity index (χ0) is 23.2. The first-order chi connectivity index (χ1) is 15.2. The molecule has 0 fully saturated rings. The van der Waals surface area contributed by atoms with Crippen molar-refractivity contribution >= 4 is 34.8 Å². The molecule has 0 saturated heterocycles. The Morgan fingerprint density at radius 1 is 0.969 bits per heavy atom. The number of rotatable bonds is 4. The first-order valence-electron chi connectivity index (χ1n) is 9.56. The van der Waals surface area contributed by atoms with E-state index in [1.165, 1.54) is 18.2 Å². The number of amides is 3. The Bertz CT molecular complexity index is 1330. The fourth-order valence-corrected chi connectivity index (χ4v) is 3.59. The molecule has 0 aliphatic carbocycles. The lowest BCUT2D eigenvalue weighted by Crippen LogP contribution is -2.30. The lowest BCUT2D eigenvalue weighted by molar-refractivity contribution is -0.384. The van der Waals surface area contributed by atoms with E-state index in [4.69, 9.17) is 0 Å². The average Bonchev–Trinajstić information content (AvgIpc) is 2.99. The maximum atomic E-state index is 13.0. The molecule has 32 heavy (non-hydrogen) atoms. The number of anilines is 2. The van der Waals surface area contributed by atoms with E-state index in [0.717, 1.165) is 34.2 Å². The molecule has 3 aromatic rings. The highest BCUT2D eigenvalue weighted by atomic mass is 16.6. The van der Waals surface area contributed by atoms with Crippen LogP contribution in [-0.4, -0.2) is 27.8 Å². The summed E-state index contributed by atoms with van der Waals surface area (Å²) in [7, 11) is 0. The lowest BCUT2D eigenvalue weighted by Gasteiger charge is -2.16. The van der Waals surface area contributed by atoms with Gasteiger partial charge in [-0.25, -0.2) is 4.90 Å². The topological polar surface area (TPSA) is 130 Å². The van der Waals surface area contributed by atoms with Crippen LogP contribution in [0.2, 0.25) is 0 Å². The van der Waals surface area contributed by atoms with E-state index in [0.29, 0.717) is 5.69 Å². The Morgan fingerprint density at radius 3 is 2.38 bits per heavy atom. The van der Waals surface area contributed by atoms with Crippen LogP contribution >= 0.6 is 0 Å². The number of carbonyl (C=O) groups excluding carboxylic acids is 3. The van der Waals surface area contributed by atoms with Crippen LogP contribution in [0.25, 0.3) is 0 Å². The van der Waals surface area contributed by atoms with Gasteiger partial charge in [-0.1, -0.05) is 17.7 Å². The second kappa shape index (κ2) is 7.62. The Hall–Kier alpha value is -4.53. The monoisotopic (exact) mass is 431 g/mol. The van der Waals surface area contributed by atoms with Crippen molar-refractivity contribution in [3.8, 4) is 5.75 Å². The van der Waals surface area contributed by atoms with Gasteiger partial charge in [0.15, 0.2) is 0 Å². The van der Waals surface area contributed by atoms with Crippen LogP contribution < -0.4 is 10.2 Å². The van der Waals surface area contributed by atoms with Crippen molar-refractivity contribution in [3.63, 3.8) is 0 Å². The molecular weight excluding hydrogens is 414 g/mol. The van der Waals surface area contributed by atoms with Gasteiger partial charge in [0.1, 0.15) is 5.75 Å². The molecule has 1 heterocycles. The van der Waals surface area contributed by atoms with Gasteiger partial charge >= 0.3 is 0 Å². The highest BCUT2D eigenvalue weighted by molar-refractivity contribution is 6.35. The number of hydrogen-bond donors (Lipinski definition) is 2. The summed E-state index contributed by atoms with van der Waals surface area (Å²) in [6.45, 7) is 3.71. The minimum atomic E-state index is -0.700. The average molecular weight is 431 g/mol. The van der Waals surface area contributed by atoms with Gasteiger partial charge in [0, 0.05) is 17.7 Å². The van der Waals surface area contributed by atoms with Crippen LogP contribution in [0, 0.1) is 24.0 Å². The number of nitro groups is 1. The quantitative estimate of drug-likeness (QED) is 0.278. The molecule has 0 bridgehead atoms. The Kier molecular flexibility index (Phi) is 4.94. The maximum absolute atomic E-state index is 13.0. The van der Waals surface area contributed by atoms with Crippen molar-refractivity contribution in [2.75, 3.05) is 10.2 Å². The third kappa shape index (κ3) is 3.45. The van der Waals surface area contributed by atoms with Gasteiger partial charge in [0.05, 0.1) is 27.4 Å². The van der Waals surface area contributed by atoms with E-state index in [9.17, 15) is 29.6 Å². The Labute approximate surface area is 182 Å². The molecule has 1 aliphatic heterocycles. The molecular formula is C23H17N3O6. The number of nitro benzene ring substituents is 1. The molecule has 9 heteroatoms. The zero-order valence-electron chi connectivity index (χ0n) is 17.1. The number of aromatic hydroxyl groups is 1. The zero-order valence-corrected chi connectivity index (χ0v) is 17.1. The summed E-state index contributed by atoms with van der Waals surface area (Å²) < 4.78 is 0. The normalized spacial score (nSPS) is 12.6. The van der Waals surface area contributed by atoms with Crippen LogP contribution in [-0.2, 0) is 0 Å². The van der Waals surface area contributed by atoms with Gasteiger partial charge in [-0.05, 0) is 49.7 Å². The van der Waals surface area contributed by atoms with Crippen LogP contribution in [0.3, 0.4) is 0 Å². The number of phenolic OH excluding ortho intramolecular Hbond substituents is 1. The highest BCUT2D eigenvalue weighted by Gasteiger charge is 2.37. The van der Waals surface area contributed by atoms with Crippen molar-refractivity contribution in [1.29, 1.82) is 0 Å². The van der Waals surface area contributed by atoms with E-state index in [1.807, 2.05) is 13.0 Å². The first-order valence-corrected chi connectivity index (χ1v) is 9.56. The van der Waals surface area contributed by atoms with E-state index in [-0.39, 0.29) is 33.8 Å². The fourth-order valence-electron chi connectivity index (χ4n) is 3.59. The smallest absolute Gasteiger partial charge is 0.271 e. The van der Waals surface area contributed by atoms with Crippen LogP contribution in [0.1, 0.15) is 42.2 Å². The number of hydrogen-bond acceptors (Lipinski definition) is 6. The number of benzene rings is 3. The van der Waals surface area contributed by atoms with Crippen molar-refractivity contribution < 1.29 is 24.4 Å². The molecule has 0 radical (unpaired) electrons. The molecule has 2 N–H and O–H groups in total. The molecule has 1 aliphatic rings. The standard InChI is InChI=1S/C23H17N3O6/c1-12-3-7-19(13(2)9-12)25-22(29)16-6-4-14(10-17(16)23(25)30)21(28)24-18-11-15(26(31)32)5-8-20(18)27/h3-11,27H,1-2H3,(H,24,28). The van der Waals surface area contributed by atoms with E-state index in [2.05, 4.69) is 5.32 Å². The van der Waals surface area contributed by atoms with Gasteiger partial charge in [0.2, 0.25) is 0 Å². The number of carbonyl (C=O) groups is 3. The van der Waals surface area contributed by atoms with Gasteiger partial charge < -0.3 is 10.4 Å². The highest BCUT2D eigenvalue weighted by Crippen LogP contribution is 2.32. The van der Waals surface area contributed by atoms with Crippen LogP contribution in [0.15, 0.2) is 54.6 Å². The van der Waals surface area contributed by atoms with Crippen molar-refractivity contribution in [1.82, 2.24) is 0 Å². The molecule has 0 aromatic heterocycles. The second-order valence-electron chi connectivity index (χ2n) is 7.41. The van der Waals surface area contributed by atoms with Crippen molar-refractivity contribution in [3.05, 3.63) is 92.5 Å². The number of nitrogens with zero attached hydrogens (tertiary/aromatic N) is 2. The minimum absolute atomic E-state index is 0.0540. The van der Waals surface area contributed by atoms with Crippen LogP contribution in [0.4, 0.5) is 17.1 Å². The summed E-state index contributed by atoms with van der Waals surface area (Å²) in [4.78, 5) is 49.9. The fraction of sp³-hybridized carbons (Fsp3) is 0.0870. The third-order valence-electron chi connectivity index (χ3n) is 5.18. The van der Waals surface area contributed by atoms with Gasteiger partial charge in [-0.15, -0.1) is 0 Å². The minimum Gasteiger partial charge on any atom is -0.506 e. The summed E-state index contributed by atoms with van der Waals surface area (Å²) in [6.07, 6.45) is 0. The van der Waals surface area contributed by atoms with Crippen molar-refractivity contribution in [2.24, 2.45) is 0 Å². The maximum Gasteiger partial charge on any atom is 0.271 e. The number of nitrogens with one attached hydrogen (secondary N) is 1. The number of non-ortho nitro benzene ring substituents is 1. The Balaban J connectivity index is 1.65. The number of phenols is 1. The van der Waals surface area contributed by atoms with E-state index in [1.54, 1.807) is 19.1 Å². The van der Waals surface area contributed by atoms with Gasteiger partial charge in [-0.2, -0.15) is 0 Å². The predicted molar refractivity (Wildman–Crippen MR) is 116 cm³/mol. The van der Waals surface area contributed by atoms with E-state index < -0.39 is 22.6 Å². The van der Waals surface area contributed by atoms with Crippen molar-refractivity contribution in [2.45, 2.75) is 13.8 Å². The van der Waals surface area contributed by atoms with Crippen LogP contribution in [0.5, 0.6) is 5.75 Å². The summed E-state index contributed by atoms with van der Waals surface area (Å²) in [5.41, 5.74) is 2.06. The summed E-state index contributed by atoms with van der Waals surface area (Å²) in [5.74, 6) is -2.09. The number of fused-ring (bicyclic) bond motifs is 1. The summed E-state index contributed by atoms with van der Waals surface area (Å²) in [5, 5.41) is 23.2. The molecule has 4 rings (SSSR count). The SMILES string of the molecule is Cc1ccc(N2C(=O)c3ccc(C(=O)Nc4cc([N+](=O)[O-])ccc4O)cc3C2=O)c(C)c1.